The van der Waals surface area contributed by atoms with Crippen LogP contribution in [-0.4, -0.2) is 77.8 Å². The fourth-order valence-electron chi connectivity index (χ4n) is 6.70. The molecule has 0 N–H and O–H groups in total. The maximum atomic E-state index is 13.8. The number of fused-ring (bicyclic) bond motifs is 5. The van der Waals surface area contributed by atoms with Crippen molar-refractivity contribution < 1.29 is 38.1 Å². The summed E-state index contributed by atoms with van der Waals surface area (Å²) in [5, 5.41) is 0. The number of rotatable bonds is 11. The highest BCUT2D eigenvalue weighted by Gasteiger charge is 2.36. The minimum absolute atomic E-state index is 0.107. The topological polar surface area (TPSA) is 129 Å². The van der Waals surface area contributed by atoms with Gasteiger partial charge in [-0.2, -0.15) is 0 Å². The lowest BCUT2D eigenvalue weighted by Crippen LogP contribution is -2.37. The second-order valence-electron chi connectivity index (χ2n) is 12.3. The van der Waals surface area contributed by atoms with Crippen LogP contribution in [0.25, 0.3) is 0 Å². The van der Waals surface area contributed by atoms with E-state index < -0.39 is 5.97 Å². The first-order chi connectivity index (χ1) is 25.3. The van der Waals surface area contributed by atoms with Gasteiger partial charge in [0.1, 0.15) is 13.2 Å². The largest absolute Gasteiger partial charge is 0.493 e. The van der Waals surface area contributed by atoms with Gasteiger partial charge in [-0.3, -0.25) is 24.5 Å². The van der Waals surface area contributed by atoms with Crippen molar-refractivity contribution in [1.82, 2.24) is 0 Å². The minimum Gasteiger partial charge on any atom is -0.493 e. The maximum Gasteiger partial charge on any atom is 0.330 e. The summed E-state index contributed by atoms with van der Waals surface area (Å²) in [5.41, 5.74) is 5.74. The first kappa shape index (κ1) is 34.0. The van der Waals surface area contributed by atoms with Crippen molar-refractivity contribution in [3.63, 3.8) is 0 Å². The number of hydrogen-bond acceptors (Lipinski definition) is 10. The Labute approximate surface area is 300 Å². The minimum atomic E-state index is -0.612. The molecule has 12 heteroatoms. The zero-order valence-corrected chi connectivity index (χ0v) is 29.0. The number of ether oxygens (including phenoxy) is 5. The monoisotopic (exact) mass is 700 g/mol. The molecule has 3 aliphatic heterocycles. The van der Waals surface area contributed by atoms with Crippen molar-refractivity contribution in [1.29, 1.82) is 0 Å². The summed E-state index contributed by atoms with van der Waals surface area (Å²) >= 11 is 0. The highest BCUT2D eigenvalue weighted by atomic mass is 16.5. The zero-order chi connectivity index (χ0) is 36.4. The van der Waals surface area contributed by atoms with Crippen molar-refractivity contribution in [2.75, 3.05) is 50.9 Å². The van der Waals surface area contributed by atoms with Gasteiger partial charge in [-0.05, 0) is 48.5 Å². The number of benzene rings is 4. The molecule has 4 aromatic carbocycles. The molecule has 7 rings (SSSR count). The smallest absolute Gasteiger partial charge is 0.330 e. The Balaban J connectivity index is 1.11. The van der Waals surface area contributed by atoms with Crippen molar-refractivity contribution in [3.8, 4) is 23.0 Å². The Morgan fingerprint density at radius 3 is 2.27 bits per heavy atom. The Morgan fingerprint density at radius 2 is 1.56 bits per heavy atom. The van der Waals surface area contributed by atoms with Gasteiger partial charge in [0.15, 0.2) is 23.0 Å². The molecule has 0 radical (unpaired) electrons. The molecular weight excluding hydrogens is 664 g/mol. The van der Waals surface area contributed by atoms with Crippen molar-refractivity contribution in [2.45, 2.75) is 18.9 Å². The summed E-state index contributed by atoms with van der Waals surface area (Å²) in [5.74, 6) is 0.160. The summed E-state index contributed by atoms with van der Waals surface area (Å²) in [6.07, 6.45) is 4.47. The van der Waals surface area contributed by atoms with E-state index in [4.69, 9.17) is 23.7 Å². The summed E-state index contributed by atoms with van der Waals surface area (Å²) in [6, 6.07) is 21.8. The number of amides is 2. The summed E-state index contributed by atoms with van der Waals surface area (Å²) < 4.78 is 28.4. The van der Waals surface area contributed by atoms with Gasteiger partial charge in [-0.15, -0.1) is 0 Å². The predicted molar refractivity (Wildman–Crippen MR) is 197 cm³/mol. The number of anilines is 2. The Kier molecular flexibility index (Phi) is 9.45. The lowest BCUT2D eigenvalue weighted by molar-refractivity contribution is -0.134. The molecule has 0 saturated carbocycles. The highest BCUT2D eigenvalue weighted by Crippen LogP contribution is 2.42. The standard InChI is InChI=1S/C40H36N4O8/c1-41-30-19-36(34(48-2)17-28(30)39(46)43-14-13-25-9-5-7-11-32(25)43)51-22-24(15-38(45)50-4)23-52-37-20-31-29(18-35(37)49-3)40(47)44-27(21-42-31)16-26-10-6-8-12-33(26)44/h5-12,15,17-21,27H,1,13-14,16,22-23H2,2-4H3/b24-15+/t27-/m0/s1. The van der Waals surface area contributed by atoms with E-state index in [1.165, 1.54) is 27.4 Å². The van der Waals surface area contributed by atoms with Gasteiger partial charge in [-0.1, -0.05) is 36.4 Å². The molecule has 3 aliphatic rings. The first-order valence-corrected chi connectivity index (χ1v) is 16.6. The molecular formula is C40H36N4O8. The number of esters is 1. The SMILES string of the molecule is C=Nc1cc(OC/C(=C\C(=O)OC)COc2cc3c(cc2OC)C(=O)N2c4ccccc4C[C@H]2C=N3)c(OC)cc1C(=O)N1CCc2ccccc21. The van der Waals surface area contributed by atoms with Gasteiger partial charge in [0.05, 0.1) is 49.9 Å². The summed E-state index contributed by atoms with van der Waals surface area (Å²) in [7, 11) is 4.22. The van der Waals surface area contributed by atoms with Crippen LogP contribution in [0.15, 0.2) is 94.4 Å². The van der Waals surface area contributed by atoms with Crippen LogP contribution in [0.1, 0.15) is 31.8 Å². The quantitative estimate of drug-likeness (QED) is 0.105. The number of para-hydroxylation sites is 2. The van der Waals surface area contributed by atoms with Crippen LogP contribution in [-0.2, 0) is 22.4 Å². The van der Waals surface area contributed by atoms with E-state index in [1.54, 1.807) is 40.3 Å². The average molecular weight is 701 g/mol. The average Bonchev–Trinajstić information content (AvgIpc) is 3.75. The van der Waals surface area contributed by atoms with Crippen LogP contribution in [0.5, 0.6) is 23.0 Å². The fraction of sp³-hybridized carbons (Fsp3) is 0.225. The molecule has 52 heavy (non-hydrogen) atoms. The molecule has 4 aromatic rings. The molecule has 264 valence electrons. The van der Waals surface area contributed by atoms with Gasteiger partial charge in [0.2, 0.25) is 0 Å². The summed E-state index contributed by atoms with van der Waals surface area (Å²) in [4.78, 5) is 52.2. The van der Waals surface area contributed by atoms with Gasteiger partial charge >= 0.3 is 5.97 Å². The third-order valence-electron chi connectivity index (χ3n) is 9.29. The first-order valence-electron chi connectivity index (χ1n) is 16.6. The predicted octanol–water partition coefficient (Wildman–Crippen LogP) is 6.08. The molecule has 0 aromatic heterocycles. The molecule has 2 amide bonds. The molecule has 12 nitrogen and oxygen atoms in total. The maximum absolute atomic E-state index is 13.8. The Hall–Kier alpha value is -6.43. The van der Waals surface area contributed by atoms with Gasteiger partial charge in [0, 0.05) is 54.3 Å². The van der Waals surface area contributed by atoms with E-state index >= 15 is 0 Å². The van der Waals surface area contributed by atoms with Gasteiger partial charge < -0.3 is 28.6 Å². The third kappa shape index (κ3) is 6.34. The van der Waals surface area contributed by atoms with Crippen molar-refractivity contribution in [2.24, 2.45) is 9.98 Å². The summed E-state index contributed by atoms with van der Waals surface area (Å²) in [6.45, 7) is 4.00. The Morgan fingerprint density at radius 1 is 0.885 bits per heavy atom. The van der Waals surface area contributed by atoms with E-state index in [1.807, 2.05) is 48.5 Å². The number of methoxy groups -OCH3 is 3. The molecule has 0 spiro atoms. The number of carbonyl (C=O) groups is 3. The molecule has 3 heterocycles. The van der Waals surface area contributed by atoms with E-state index in [9.17, 15) is 14.4 Å². The third-order valence-corrected chi connectivity index (χ3v) is 9.29. The molecule has 0 aliphatic carbocycles. The fourth-order valence-corrected chi connectivity index (χ4v) is 6.70. The number of carbonyl (C=O) groups excluding carboxylic acids is 3. The van der Waals surface area contributed by atoms with Crippen LogP contribution in [0.3, 0.4) is 0 Å². The molecule has 0 saturated heterocycles. The highest BCUT2D eigenvalue weighted by molar-refractivity contribution is 6.15. The molecule has 1 atom stereocenters. The lowest BCUT2D eigenvalue weighted by atomic mass is 10.1. The van der Waals surface area contributed by atoms with Crippen LogP contribution in [0, 0.1) is 0 Å². The number of aliphatic imine (C=N–C) groups is 2. The number of nitrogens with zero attached hydrogens (tertiary/aromatic N) is 4. The van der Waals surface area contributed by atoms with Crippen molar-refractivity contribution in [3.05, 3.63) is 107 Å². The second kappa shape index (κ2) is 14.4. The van der Waals surface area contributed by atoms with E-state index in [2.05, 4.69) is 16.7 Å². The van der Waals surface area contributed by atoms with Crippen LogP contribution >= 0.6 is 0 Å². The molecule has 0 fully saturated rings. The Bertz CT molecular complexity index is 2160. The van der Waals surface area contributed by atoms with Gasteiger partial charge in [-0.25, -0.2) is 4.79 Å². The normalized spacial score (nSPS) is 15.6. The zero-order valence-electron chi connectivity index (χ0n) is 29.0. The molecule has 0 bridgehead atoms. The van der Waals surface area contributed by atoms with Crippen LogP contribution in [0.4, 0.5) is 22.7 Å². The van der Waals surface area contributed by atoms with Crippen molar-refractivity contribution >= 4 is 53.5 Å². The number of hydrogen-bond donors (Lipinski definition) is 0. The van der Waals surface area contributed by atoms with E-state index in [-0.39, 0.29) is 36.8 Å². The molecule has 0 unspecified atom stereocenters. The van der Waals surface area contributed by atoms with Crippen LogP contribution in [0.2, 0.25) is 0 Å². The second-order valence-corrected chi connectivity index (χ2v) is 12.3. The van der Waals surface area contributed by atoms with Gasteiger partial charge in [0.25, 0.3) is 11.8 Å². The lowest BCUT2D eigenvalue weighted by Gasteiger charge is -2.22. The van der Waals surface area contributed by atoms with Crippen LogP contribution < -0.4 is 28.7 Å². The van der Waals surface area contributed by atoms with E-state index in [0.29, 0.717) is 58.3 Å². The van der Waals surface area contributed by atoms with E-state index in [0.717, 1.165) is 28.9 Å².